The Hall–Kier alpha value is -2.95. The van der Waals surface area contributed by atoms with E-state index >= 15 is 0 Å². The summed E-state index contributed by atoms with van der Waals surface area (Å²) in [6.07, 6.45) is -0.0385. The van der Waals surface area contributed by atoms with Gasteiger partial charge in [-0.05, 0) is 36.4 Å². The molecular formula is C19H20ClN5O4S. The molecule has 0 fully saturated rings. The molecule has 0 atom stereocenters. The summed E-state index contributed by atoms with van der Waals surface area (Å²) in [7, 11) is -2.20. The van der Waals surface area contributed by atoms with Crippen molar-refractivity contribution in [3.05, 3.63) is 59.4 Å². The Labute approximate surface area is 178 Å². The normalized spacial score (nSPS) is 11.3. The zero-order valence-electron chi connectivity index (χ0n) is 16.1. The van der Waals surface area contributed by atoms with Crippen molar-refractivity contribution in [2.75, 3.05) is 13.7 Å². The summed E-state index contributed by atoms with van der Waals surface area (Å²) in [6, 6.07) is 13.4. The zero-order valence-corrected chi connectivity index (χ0v) is 17.6. The standard InChI is InChI=1S/C19H20ClN5O4S/c1-29-14-8-6-13(7-9-14)19-23-17(24-25-19)12-21-18(26)10-11-22-30(27,28)16-5-3-2-4-15(16)20/h2-9,22H,10-12H2,1H3,(H,21,26)(H,23,24,25). The predicted molar refractivity (Wildman–Crippen MR) is 111 cm³/mol. The molecule has 11 heteroatoms. The minimum absolute atomic E-state index is 0.0280. The largest absolute Gasteiger partial charge is 0.497 e. The number of halogens is 1. The van der Waals surface area contributed by atoms with Crippen LogP contribution in [0, 0.1) is 0 Å². The van der Waals surface area contributed by atoms with E-state index in [1.165, 1.54) is 12.1 Å². The van der Waals surface area contributed by atoms with E-state index in [0.29, 0.717) is 11.6 Å². The second-order valence-corrected chi connectivity index (χ2v) is 8.33. The van der Waals surface area contributed by atoms with Crippen LogP contribution in [0.15, 0.2) is 53.4 Å². The summed E-state index contributed by atoms with van der Waals surface area (Å²) in [5.41, 5.74) is 0.804. The maximum Gasteiger partial charge on any atom is 0.242 e. The van der Waals surface area contributed by atoms with E-state index in [9.17, 15) is 13.2 Å². The number of benzene rings is 2. The lowest BCUT2D eigenvalue weighted by atomic mass is 10.2. The number of methoxy groups -OCH3 is 1. The Morgan fingerprint density at radius 3 is 2.60 bits per heavy atom. The second kappa shape index (κ2) is 9.70. The van der Waals surface area contributed by atoms with Gasteiger partial charge in [0.15, 0.2) is 5.82 Å². The third-order valence-electron chi connectivity index (χ3n) is 4.10. The summed E-state index contributed by atoms with van der Waals surface area (Å²) >= 11 is 5.91. The zero-order chi connectivity index (χ0) is 21.6. The van der Waals surface area contributed by atoms with Crippen molar-refractivity contribution < 1.29 is 17.9 Å². The molecule has 0 saturated heterocycles. The highest BCUT2D eigenvalue weighted by atomic mass is 35.5. The summed E-state index contributed by atoms with van der Waals surface area (Å²) in [5.74, 6) is 1.37. The van der Waals surface area contributed by atoms with Crippen LogP contribution < -0.4 is 14.8 Å². The van der Waals surface area contributed by atoms with Gasteiger partial charge in [0.1, 0.15) is 16.5 Å². The number of hydrogen-bond acceptors (Lipinski definition) is 6. The lowest BCUT2D eigenvalue weighted by Gasteiger charge is -2.08. The molecule has 1 amide bonds. The first-order valence-electron chi connectivity index (χ1n) is 8.95. The Morgan fingerprint density at radius 2 is 1.90 bits per heavy atom. The molecule has 0 aliphatic carbocycles. The van der Waals surface area contributed by atoms with E-state index in [-0.39, 0.29) is 35.3 Å². The first kappa shape index (κ1) is 21.8. The van der Waals surface area contributed by atoms with Crippen molar-refractivity contribution in [3.63, 3.8) is 0 Å². The van der Waals surface area contributed by atoms with Crippen molar-refractivity contribution in [2.45, 2.75) is 17.9 Å². The van der Waals surface area contributed by atoms with Gasteiger partial charge in [-0.15, -0.1) is 0 Å². The number of H-pyrrole nitrogens is 1. The van der Waals surface area contributed by atoms with Crippen molar-refractivity contribution in [3.8, 4) is 17.1 Å². The van der Waals surface area contributed by atoms with Gasteiger partial charge in [-0.1, -0.05) is 23.7 Å². The Balaban J connectivity index is 1.47. The van der Waals surface area contributed by atoms with E-state index in [0.717, 1.165) is 11.3 Å². The molecule has 1 aromatic heterocycles. The molecule has 158 valence electrons. The maximum absolute atomic E-state index is 12.2. The number of nitrogens with one attached hydrogen (secondary N) is 3. The van der Waals surface area contributed by atoms with Crippen LogP contribution in [0.2, 0.25) is 5.02 Å². The number of nitrogens with zero attached hydrogens (tertiary/aromatic N) is 2. The van der Waals surface area contributed by atoms with E-state index in [1.807, 2.05) is 12.1 Å². The lowest BCUT2D eigenvalue weighted by molar-refractivity contribution is -0.121. The molecule has 0 aliphatic heterocycles. The first-order chi connectivity index (χ1) is 14.4. The number of rotatable bonds is 9. The number of hydrogen-bond donors (Lipinski definition) is 3. The molecule has 0 unspecified atom stereocenters. The molecule has 0 aliphatic rings. The summed E-state index contributed by atoms with van der Waals surface area (Å²) < 4.78 is 31.9. The minimum Gasteiger partial charge on any atom is -0.497 e. The molecule has 0 saturated carbocycles. The number of aromatic amines is 1. The summed E-state index contributed by atoms with van der Waals surface area (Å²) in [5, 5.41) is 9.67. The van der Waals surface area contributed by atoms with Crippen LogP contribution in [0.25, 0.3) is 11.4 Å². The number of carbonyl (C=O) groups is 1. The van der Waals surface area contributed by atoms with Crippen LogP contribution in [-0.2, 0) is 21.4 Å². The monoisotopic (exact) mass is 449 g/mol. The molecule has 3 aromatic rings. The average Bonchev–Trinajstić information content (AvgIpc) is 3.21. The SMILES string of the molecule is COc1ccc(-c2n[nH]c(CNC(=O)CCNS(=O)(=O)c3ccccc3Cl)n2)cc1. The van der Waals surface area contributed by atoms with Crippen molar-refractivity contribution in [1.29, 1.82) is 0 Å². The van der Waals surface area contributed by atoms with Crippen LogP contribution in [0.5, 0.6) is 5.75 Å². The van der Waals surface area contributed by atoms with Gasteiger partial charge in [0.25, 0.3) is 0 Å². The Kier molecular flexibility index (Phi) is 7.03. The van der Waals surface area contributed by atoms with E-state index in [1.54, 1.807) is 31.4 Å². The molecule has 9 nitrogen and oxygen atoms in total. The molecule has 1 heterocycles. The van der Waals surface area contributed by atoms with Gasteiger partial charge >= 0.3 is 0 Å². The van der Waals surface area contributed by atoms with Crippen LogP contribution in [0.4, 0.5) is 0 Å². The number of amides is 1. The number of ether oxygens (including phenoxy) is 1. The van der Waals surface area contributed by atoms with Crippen molar-refractivity contribution in [2.24, 2.45) is 0 Å². The van der Waals surface area contributed by atoms with Gasteiger partial charge in [0.05, 0.1) is 18.7 Å². The highest BCUT2D eigenvalue weighted by Gasteiger charge is 2.17. The fraction of sp³-hybridized carbons (Fsp3) is 0.211. The van der Waals surface area contributed by atoms with Gasteiger partial charge in [-0.3, -0.25) is 9.89 Å². The lowest BCUT2D eigenvalue weighted by Crippen LogP contribution is -2.30. The number of sulfonamides is 1. The molecule has 0 radical (unpaired) electrons. The highest BCUT2D eigenvalue weighted by molar-refractivity contribution is 7.89. The highest BCUT2D eigenvalue weighted by Crippen LogP contribution is 2.20. The van der Waals surface area contributed by atoms with Gasteiger partial charge in [0, 0.05) is 18.5 Å². The van der Waals surface area contributed by atoms with Gasteiger partial charge in [-0.2, -0.15) is 5.10 Å². The molecular weight excluding hydrogens is 430 g/mol. The van der Waals surface area contributed by atoms with E-state index < -0.39 is 10.0 Å². The predicted octanol–water partition coefficient (Wildman–Crippen LogP) is 2.12. The number of carbonyl (C=O) groups excluding carboxylic acids is 1. The fourth-order valence-electron chi connectivity index (χ4n) is 2.55. The smallest absolute Gasteiger partial charge is 0.242 e. The molecule has 30 heavy (non-hydrogen) atoms. The molecule has 3 N–H and O–H groups in total. The van der Waals surface area contributed by atoms with Gasteiger partial charge in [-0.25, -0.2) is 18.1 Å². The molecule has 2 aromatic carbocycles. The van der Waals surface area contributed by atoms with E-state index in [2.05, 4.69) is 25.2 Å². The third kappa shape index (κ3) is 5.56. The summed E-state index contributed by atoms with van der Waals surface area (Å²) in [4.78, 5) is 16.3. The van der Waals surface area contributed by atoms with Crippen molar-refractivity contribution in [1.82, 2.24) is 25.2 Å². The van der Waals surface area contributed by atoms with Crippen LogP contribution in [0.3, 0.4) is 0 Å². The average molecular weight is 450 g/mol. The molecule has 0 bridgehead atoms. The molecule has 0 spiro atoms. The molecule has 3 rings (SSSR count). The quantitative estimate of drug-likeness (QED) is 0.459. The Morgan fingerprint density at radius 1 is 1.17 bits per heavy atom. The van der Waals surface area contributed by atoms with Crippen molar-refractivity contribution >= 4 is 27.5 Å². The minimum atomic E-state index is -3.79. The third-order valence-corrected chi connectivity index (χ3v) is 6.06. The fourth-order valence-corrected chi connectivity index (χ4v) is 4.10. The Bertz CT molecular complexity index is 1120. The van der Waals surface area contributed by atoms with Gasteiger partial charge < -0.3 is 10.1 Å². The first-order valence-corrected chi connectivity index (χ1v) is 10.8. The van der Waals surface area contributed by atoms with Crippen LogP contribution in [-0.4, -0.2) is 43.2 Å². The maximum atomic E-state index is 12.2. The second-order valence-electron chi connectivity index (χ2n) is 6.19. The van der Waals surface area contributed by atoms with E-state index in [4.69, 9.17) is 16.3 Å². The summed E-state index contributed by atoms with van der Waals surface area (Å²) in [6.45, 7) is 0.0755. The topological polar surface area (TPSA) is 126 Å². The van der Waals surface area contributed by atoms with Gasteiger partial charge in [0.2, 0.25) is 15.9 Å². The number of aromatic nitrogens is 3. The van der Waals surface area contributed by atoms with Crippen LogP contribution in [0.1, 0.15) is 12.2 Å². The van der Waals surface area contributed by atoms with Crippen LogP contribution >= 0.6 is 11.6 Å².